The molecule has 18 heavy (non-hydrogen) atoms. The van der Waals surface area contributed by atoms with Gasteiger partial charge in [-0.25, -0.2) is 9.97 Å². The molecular weight excluding hydrogens is 334 g/mol. The van der Waals surface area contributed by atoms with Gasteiger partial charge in [-0.3, -0.25) is 15.1 Å². The standard InChI is InChI=1S/C8H11ClN7O.Y/c1-2-13-8(12)16-7(17)3-5(10)15-6(11)4(9)14-3;/h1-2H2,(H4,10,11,15)(H3,12,13,16,17);/q-1;. The molecule has 0 unspecified atom stereocenters. The van der Waals surface area contributed by atoms with Gasteiger partial charge >= 0.3 is 0 Å². The molecule has 0 aliphatic rings. The molecule has 95 valence electrons. The Kier molecular flexibility index (Phi) is 7.04. The van der Waals surface area contributed by atoms with Crippen molar-refractivity contribution in [1.29, 1.82) is 0 Å². The van der Waals surface area contributed by atoms with Crippen LogP contribution in [0.1, 0.15) is 10.5 Å². The molecular formula is C8H11ClN7OY-. The van der Waals surface area contributed by atoms with Crippen molar-refractivity contribution in [3.8, 4) is 0 Å². The van der Waals surface area contributed by atoms with Crippen LogP contribution in [0.15, 0.2) is 4.99 Å². The molecule has 0 saturated carbocycles. The average molecular weight is 346 g/mol. The number of carbonyl (C=O) groups excluding carboxylic acids is 1. The van der Waals surface area contributed by atoms with E-state index in [0.717, 1.165) is 0 Å². The second-order valence-electron chi connectivity index (χ2n) is 2.85. The minimum Gasteiger partial charge on any atom is -0.382 e. The van der Waals surface area contributed by atoms with E-state index in [-0.39, 0.29) is 67.7 Å². The van der Waals surface area contributed by atoms with Gasteiger partial charge in [-0.15, -0.1) is 0 Å². The largest absolute Gasteiger partial charge is 0.382 e. The second-order valence-corrected chi connectivity index (χ2v) is 3.21. The Balaban J connectivity index is 0.00000289. The number of aromatic nitrogens is 2. The zero-order chi connectivity index (χ0) is 13.0. The summed E-state index contributed by atoms with van der Waals surface area (Å²) in [6.07, 6.45) is 0. The number of aliphatic imine (C=N–C) groups is 1. The quantitative estimate of drug-likeness (QED) is 0.313. The number of carbonyl (C=O) groups is 1. The smallest absolute Gasteiger partial charge is 0.280 e. The van der Waals surface area contributed by atoms with Gasteiger partial charge in [0.1, 0.15) is 0 Å². The van der Waals surface area contributed by atoms with Gasteiger partial charge in [-0.1, -0.05) is 18.1 Å². The summed E-state index contributed by atoms with van der Waals surface area (Å²) in [4.78, 5) is 22.7. The number of hydrogen-bond acceptors (Lipinski definition) is 6. The Morgan fingerprint density at radius 1 is 1.39 bits per heavy atom. The fraction of sp³-hybridized carbons (Fsp3) is 0.125. The van der Waals surface area contributed by atoms with E-state index >= 15 is 0 Å². The molecule has 8 nitrogen and oxygen atoms in total. The van der Waals surface area contributed by atoms with Crippen molar-refractivity contribution < 1.29 is 37.5 Å². The van der Waals surface area contributed by atoms with Crippen LogP contribution in [0.4, 0.5) is 11.6 Å². The van der Waals surface area contributed by atoms with E-state index in [4.69, 9.17) is 28.8 Å². The zero-order valence-corrected chi connectivity index (χ0v) is 12.9. The molecule has 0 aliphatic carbocycles. The first kappa shape index (κ1) is 17.0. The van der Waals surface area contributed by atoms with Gasteiger partial charge in [-0.05, 0) is 0 Å². The molecule has 0 spiro atoms. The number of nitrogens with two attached hydrogens (primary N) is 3. The van der Waals surface area contributed by atoms with E-state index in [1.54, 1.807) is 0 Å². The summed E-state index contributed by atoms with van der Waals surface area (Å²) in [5.74, 6) is -0.974. The SMILES string of the molecule is [CH2-]CN=C(N)NC(=O)c1nc(Cl)c(N)nc1N.[Y]. The summed E-state index contributed by atoms with van der Waals surface area (Å²) in [5, 5.41) is 2.14. The summed E-state index contributed by atoms with van der Waals surface area (Å²) in [6, 6.07) is 0. The van der Waals surface area contributed by atoms with Crippen LogP contribution in [0.3, 0.4) is 0 Å². The number of amides is 1. The van der Waals surface area contributed by atoms with Gasteiger partial charge in [0.15, 0.2) is 28.4 Å². The number of hydrogen-bond donors (Lipinski definition) is 4. The van der Waals surface area contributed by atoms with Gasteiger partial charge in [-0.2, -0.15) is 0 Å². The fourth-order valence-electron chi connectivity index (χ4n) is 0.944. The predicted molar refractivity (Wildman–Crippen MR) is 65.2 cm³/mol. The van der Waals surface area contributed by atoms with Gasteiger partial charge in [0.2, 0.25) is 0 Å². The van der Waals surface area contributed by atoms with Crippen molar-refractivity contribution in [3.63, 3.8) is 0 Å². The third-order valence-electron chi connectivity index (χ3n) is 1.64. The number of anilines is 2. The number of halogens is 1. The molecule has 1 radical (unpaired) electrons. The summed E-state index contributed by atoms with van der Waals surface area (Å²) in [6.45, 7) is 3.63. The maximum atomic E-state index is 11.6. The molecule has 0 bridgehead atoms. The molecule has 0 aliphatic heterocycles. The van der Waals surface area contributed by atoms with Crippen molar-refractivity contribution in [2.75, 3.05) is 18.0 Å². The van der Waals surface area contributed by atoms with Crippen LogP contribution in [-0.2, 0) is 32.7 Å². The van der Waals surface area contributed by atoms with Crippen molar-refractivity contribution in [2.45, 2.75) is 0 Å². The number of nitrogens with zero attached hydrogens (tertiary/aromatic N) is 3. The third kappa shape index (κ3) is 4.36. The summed E-state index contributed by atoms with van der Waals surface area (Å²) >= 11 is 5.62. The molecule has 1 heterocycles. The zero-order valence-electron chi connectivity index (χ0n) is 9.35. The summed E-state index contributed by atoms with van der Waals surface area (Å²) in [5.41, 5.74) is 16.0. The summed E-state index contributed by atoms with van der Waals surface area (Å²) in [7, 11) is 0. The van der Waals surface area contributed by atoms with Crippen LogP contribution in [0.5, 0.6) is 0 Å². The van der Waals surface area contributed by atoms with Crippen LogP contribution in [-0.4, -0.2) is 28.4 Å². The van der Waals surface area contributed by atoms with E-state index in [0.29, 0.717) is 0 Å². The first-order valence-corrected chi connectivity index (χ1v) is 4.82. The van der Waals surface area contributed by atoms with Crippen molar-refractivity contribution in [2.24, 2.45) is 10.7 Å². The molecule has 7 N–H and O–H groups in total. The molecule has 0 atom stereocenters. The molecule has 1 aromatic rings. The molecule has 0 fully saturated rings. The van der Waals surface area contributed by atoms with Crippen LogP contribution >= 0.6 is 11.6 Å². The Bertz CT molecular complexity index is 479. The Morgan fingerprint density at radius 2 is 2.00 bits per heavy atom. The van der Waals surface area contributed by atoms with Gasteiger partial charge < -0.3 is 24.1 Å². The molecule has 1 aromatic heterocycles. The topological polar surface area (TPSA) is 145 Å². The fourth-order valence-corrected chi connectivity index (χ4v) is 1.07. The number of guanidine groups is 1. The maximum Gasteiger partial charge on any atom is 0.280 e. The average Bonchev–Trinajstić information content (AvgIpc) is 2.23. The first-order valence-electron chi connectivity index (χ1n) is 4.44. The molecule has 10 heteroatoms. The van der Waals surface area contributed by atoms with E-state index in [1.807, 2.05) is 0 Å². The molecule has 0 aromatic carbocycles. The summed E-state index contributed by atoms with van der Waals surface area (Å²) < 4.78 is 0. The number of rotatable bonds is 2. The van der Waals surface area contributed by atoms with Crippen molar-refractivity contribution in [3.05, 3.63) is 17.8 Å². The normalized spacial score (nSPS) is 10.7. The Morgan fingerprint density at radius 3 is 2.56 bits per heavy atom. The van der Waals surface area contributed by atoms with Crippen LogP contribution < -0.4 is 22.5 Å². The van der Waals surface area contributed by atoms with E-state index < -0.39 is 5.91 Å². The Hall–Kier alpha value is -0.986. The molecule has 0 saturated heterocycles. The Labute approximate surface area is 134 Å². The second kappa shape index (κ2) is 7.45. The van der Waals surface area contributed by atoms with Crippen molar-refractivity contribution in [1.82, 2.24) is 15.3 Å². The van der Waals surface area contributed by atoms with Crippen molar-refractivity contribution >= 4 is 35.1 Å². The number of nitrogen functional groups attached to an aromatic ring is 2. The predicted octanol–water partition coefficient (Wildman–Crippen LogP) is -0.830. The van der Waals surface area contributed by atoms with Crippen LogP contribution in [0.25, 0.3) is 0 Å². The van der Waals surface area contributed by atoms with Gasteiger partial charge in [0.25, 0.3) is 5.91 Å². The number of nitrogens with one attached hydrogen (secondary N) is 1. The molecule has 1 rings (SSSR count). The van der Waals surface area contributed by atoms with E-state index in [1.165, 1.54) is 0 Å². The van der Waals surface area contributed by atoms with Crippen LogP contribution in [0.2, 0.25) is 5.15 Å². The monoisotopic (exact) mass is 345 g/mol. The van der Waals surface area contributed by atoms with Gasteiger partial charge in [0, 0.05) is 32.7 Å². The van der Waals surface area contributed by atoms with E-state index in [9.17, 15) is 4.79 Å². The van der Waals surface area contributed by atoms with Crippen LogP contribution in [0, 0.1) is 6.92 Å². The van der Waals surface area contributed by atoms with E-state index in [2.05, 4.69) is 27.2 Å². The first-order chi connectivity index (χ1) is 7.95. The molecule has 1 amide bonds. The maximum absolute atomic E-state index is 11.6. The third-order valence-corrected chi connectivity index (χ3v) is 1.92. The van der Waals surface area contributed by atoms with Gasteiger partial charge in [0.05, 0.1) is 0 Å². The minimum atomic E-state index is -0.674. The minimum absolute atomic E-state index is 0.